The van der Waals surface area contributed by atoms with Gasteiger partial charge in [0.1, 0.15) is 4.21 Å². The predicted molar refractivity (Wildman–Crippen MR) is 74.8 cm³/mol. The number of sulfonamides is 1. The average molecular weight is 301 g/mol. The highest BCUT2D eigenvalue weighted by molar-refractivity contribution is 7.91. The van der Waals surface area contributed by atoms with E-state index in [2.05, 4.69) is 13.2 Å². The quantitative estimate of drug-likeness (QED) is 0.742. The summed E-state index contributed by atoms with van der Waals surface area (Å²) in [5, 5.41) is 8.68. The zero-order valence-corrected chi connectivity index (χ0v) is 11.9. The van der Waals surface area contributed by atoms with Gasteiger partial charge >= 0.3 is 5.97 Å². The van der Waals surface area contributed by atoms with Crippen LogP contribution in [0.15, 0.2) is 41.7 Å². The molecule has 0 atom stereocenters. The lowest BCUT2D eigenvalue weighted by molar-refractivity contribution is -0.136. The van der Waals surface area contributed by atoms with Crippen LogP contribution in [0.2, 0.25) is 0 Å². The maximum atomic E-state index is 12.3. The minimum Gasteiger partial charge on any atom is -0.481 e. The molecular weight excluding hydrogens is 286 g/mol. The first kappa shape index (κ1) is 15.6. The number of thiophene rings is 1. The molecule has 5 nitrogen and oxygen atoms in total. The molecule has 1 aromatic heterocycles. The van der Waals surface area contributed by atoms with Crippen LogP contribution in [-0.4, -0.2) is 36.9 Å². The van der Waals surface area contributed by atoms with Crippen LogP contribution in [0.25, 0.3) is 0 Å². The SMILES string of the molecule is C=CCN(CC=C)S(=O)(=O)c1ccc(CC(=O)O)s1. The van der Waals surface area contributed by atoms with E-state index in [-0.39, 0.29) is 23.7 Å². The van der Waals surface area contributed by atoms with Crippen LogP contribution >= 0.6 is 11.3 Å². The standard InChI is InChI=1S/C12H15NO4S2/c1-3-7-13(8-4-2)19(16,17)12-6-5-10(18-12)9-11(14)15/h3-6H,1-2,7-9H2,(H,14,15). The van der Waals surface area contributed by atoms with Gasteiger partial charge in [-0.15, -0.1) is 24.5 Å². The Morgan fingerprint density at radius 2 is 1.89 bits per heavy atom. The molecule has 0 saturated heterocycles. The van der Waals surface area contributed by atoms with Crippen LogP contribution in [0.4, 0.5) is 0 Å². The van der Waals surface area contributed by atoms with E-state index in [9.17, 15) is 13.2 Å². The van der Waals surface area contributed by atoms with Crippen molar-refractivity contribution in [3.05, 3.63) is 42.3 Å². The lowest BCUT2D eigenvalue weighted by Crippen LogP contribution is -2.30. The number of aliphatic carboxylic acids is 1. The summed E-state index contributed by atoms with van der Waals surface area (Å²) in [4.78, 5) is 11.1. The van der Waals surface area contributed by atoms with E-state index in [1.54, 1.807) is 0 Å². The molecule has 19 heavy (non-hydrogen) atoms. The summed E-state index contributed by atoms with van der Waals surface area (Å²) in [6, 6.07) is 2.95. The van der Waals surface area contributed by atoms with Crippen LogP contribution < -0.4 is 0 Å². The molecule has 1 N–H and O–H groups in total. The Kier molecular flexibility index (Phi) is 5.46. The monoisotopic (exact) mass is 301 g/mol. The summed E-state index contributed by atoms with van der Waals surface area (Å²) in [5.41, 5.74) is 0. The Balaban J connectivity index is 3.03. The Labute approximate surface area is 116 Å². The van der Waals surface area contributed by atoms with Gasteiger partial charge < -0.3 is 5.11 Å². The summed E-state index contributed by atoms with van der Waals surface area (Å²) in [7, 11) is -3.62. The van der Waals surface area contributed by atoms with Gasteiger partial charge in [0.05, 0.1) is 6.42 Å². The minimum atomic E-state index is -3.62. The van der Waals surface area contributed by atoms with Crippen molar-refractivity contribution in [1.82, 2.24) is 4.31 Å². The van der Waals surface area contributed by atoms with Gasteiger partial charge in [-0.05, 0) is 12.1 Å². The number of carbonyl (C=O) groups is 1. The molecule has 1 rings (SSSR count). The Hall–Kier alpha value is -1.44. The van der Waals surface area contributed by atoms with E-state index in [1.165, 1.54) is 28.6 Å². The average Bonchev–Trinajstić information content (AvgIpc) is 2.77. The molecule has 0 aliphatic rings. The molecule has 0 amide bonds. The lowest BCUT2D eigenvalue weighted by atomic mass is 10.3. The maximum Gasteiger partial charge on any atom is 0.308 e. The number of hydrogen-bond donors (Lipinski definition) is 1. The topological polar surface area (TPSA) is 74.7 Å². The Morgan fingerprint density at radius 3 is 2.37 bits per heavy atom. The van der Waals surface area contributed by atoms with E-state index < -0.39 is 16.0 Å². The van der Waals surface area contributed by atoms with Gasteiger partial charge in [-0.3, -0.25) is 4.79 Å². The highest BCUT2D eigenvalue weighted by Crippen LogP contribution is 2.25. The van der Waals surface area contributed by atoms with Crippen molar-refractivity contribution in [3.8, 4) is 0 Å². The number of hydrogen-bond acceptors (Lipinski definition) is 4. The van der Waals surface area contributed by atoms with E-state index in [0.717, 1.165) is 11.3 Å². The molecule has 0 fully saturated rings. The summed E-state index contributed by atoms with van der Waals surface area (Å²) < 4.78 is 26.0. The summed E-state index contributed by atoms with van der Waals surface area (Å²) in [6.07, 6.45) is 2.81. The maximum absolute atomic E-state index is 12.3. The first-order chi connectivity index (χ1) is 8.91. The van der Waals surface area contributed by atoms with Gasteiger partial charge in [0, 0.05) is 18.0 Å². The van der Waals surface area contributed by atoms with Gasteiger partial charge in [0.2, 0.25) is 0 Å². The molecule has 0 saturated carbocycles. The molecule has 0 radical (unpaired) electrons. The third-order valence-corrected chi connectivity index (χ3v) is 5.61. The number of nitrogens with zero attached hydrogens (tertiary/aromatic N) is 1. The molecule has 1 heterocycles. The van der Waals surface area contributed by atoms with Crippen molar-refractivity contribution in [2.45, 2.75) is 10.6 Å². The Bertz CT molecular complexity index is 564. The summed E-state index contributed by atoms with van der Waals surface area (Å²) >= 11 is 0.969. The van der Waals surface area contributed by atoms with Crippen LogP contribution in [-0.2, 0) is 21.2 Å². The van der Waals surface area contributed by atoms with E-state index >= 15 is 0 Å². The van der Waals surface area contributed by atoms with Crippen molar-refractivity contribution in [2.24, 2.45) is 0 Å². The second-order valence-electron chi connectivity index (χ2n) is 3.69. The van der Waals surface area contributed by atoms with Gasteiger partial charge in [-0.2, -0.15) is 4.31 Å². The fourth-order valence-corrected chi connectivity index (χ4v) is 4.31. The molecule has 0 unspecified atom stereocenters. The smallest absolute Gasteiger partial charge is 0.308 e. The van der Waals surface area contributed by atoms with E-state index in [1.807, 2.05) is 0 Å². The molecule has 1 aromatic rings. The zero-order valence-electron chi connectivity index (χ0n) is 10.3. The molecule has 0 spiro atoms. The van der Waals surface area contributed by atoms with Crippen LogP contribution in [0.1, 0.15) is 4.88 Å². The van der Waals surface area contributed by atoms with Crippen LogP contribution in [0.3, 0.4) is 0 Å². The second kappa shape index (κ2) is 6.65. The van der Waals surface area contributed by atoms with Crippen LogP contribution in [0, 0.1) is 0 Å². The fourth-order valence-electron chi connectivity index (χ4n) is 1.43. The first-order valence-corrected chi connectivity index (χ1v) is 7.70. The van der Waals surface area contributed by atoms with Gasteiger partial charge in [0.15, 0.2) is 0 Å². The van der Waals surface area contributed by atoms with Crippen molar-refractivity contribution < 1.29 is 18.3 Å². The van der Waals surface area contributed by atoms with Gasteiger partial charge in [-0.25, -0.2) is 8.42 Å². The number of carboxylic acids is 1. The molecule has 0 aromatic carbocycles. The third kappa shape index (κ3) is 4.02. The van der Waals surface area contributed by atoms with Crippen molar-refractivity contribution in [2.75, 3.05) is 13.1 Å². The minimum absolute atomic E-state index is 0.132. The lowest BCUT2D eigenvalue weighted by Gasteiger charge is -2.17. The normalized spacial score (nSPS) is 11.4. The fraction of sp³-hybridized carbons (Fsp3) is 0.250. The van der Waals surface area contributed by atoms with Crippen molar-refractivity contribution in [1.29, 1.82) is 0 Å². The molecule has 7 heteroatoms. The first-order valence-electron chi connectivity index (χ1n) is 5.44. The van der Waals surface area contributed by atoms with Gasteiger partial charge in [-0.1, -0.05) is 12.2 Å². The number of carboxylic acid groups (broad SMARTS) is 1. The van der Waals surface area contributed by atoms with E-state index in [4.69, 9.17) is 5.11 Å². The Morgan fingerprint density at radius 1 is 1.32 bits per heavy atom. The largest absolute Gasteiger partial charge is 0.481 e. The zero-order chi connectivity index (χ0) is 14.5. The van der Waals surface area contributed by atoms with Gasteiger partial charge in [0.25, 0.3) is 10.0 Å². The summed E-state index contributed by atoms with van der Waals surface area (Å²) in [5.74, 6) is -0.986. The van der Waals surface area contributed by atoms with Crippen LogP contribution in [0.5, 0.6) is 0 Å². The van der Waals surface area contributed by atoms with Crippen molar-refractivity contribution in [3.63, 3.8) is 0 Å². The predicted octanol–water partition coefficient (Wildman–Crippen LogP) is 1.74. The molecule has 104 valence electrons. The van der Waals surface area contributed by atoms with Crippen molar-refractivity contribution >= 4 is 27.3 Å². The second-order valence-corrected chi connectivity index (χ2v) is 7.02. The molecular formula is C12H15NO4S2. The third-order valence-electron chi connectivity index (χ3n) is 2.22. The molecule has 0 bridgehead atoms. The molecule has 0 aliphatic carbocycles. The van der Waals surface area contributed by atoms with E-state index in [0.29, 0.717) is 4.88 Å². The number of rotatable bonds is 8. The molecule has 0 aliphatic heterocycles. The highest BCUT2D eigenvalue weighted by atomic mass is 32.2. The highest BCUT2D eigenvalue weighted by Gasteiger charge is 2.24. The summed E-state index contributed by atoms with van der Waals surface area (Å²) in [6.45, 7) is 7.40.